The number of nitro groups is 1. The first-order chi connectivity index (χ1) is 9.97. The lowest BCUT2D eigenvalue weighted by atomic mass is 10.3. The molecule has 0 fully saturated rings. The maximum atomic E-state index is 10.8. The van der Waals surface area contributed by atoms with Gasteiger partial charge in [-0.05, 0) is 20.8 Å². The van der Waals surface area contributed by atoms with Gasteiger partial charge in [0.2, 0.25) is 0 Å². The molecule has 110 valence electrons. The van der Waals surface area contributed by atoms with Gasteiger partial charge in [-0.15, -0.1) is 0 Å². The van der Waals surface area contributed by atoms with Gasteiger partial charge < -0.3 is 5.32 Å². The van der Waals surface area contributed by atoms with E-state index in [4.69, 9.17) is 5.26 Å². The van der Waals surface area contributed by atoms with Gasteiger partial charge in [-0.25, -0.2) is 4.68 Å². The summed E-state index contributed by atoms with van der Waals surface area (Å²) >= 11 is 0. The van der Waals surface area contributed by atoms with E-state index in [1.807, 2.05) is 6.92 Å². The number of nitriles is 1. The van der Waals surface area contributed by atoms with E-state index in [0.717, 1.165) is 0 Å². The first-order valence-electron chi connectivity index (χ1n) is 6.40. The molecule has 0 aliphatic rings. The van der Waals surface area contributed by atoms with Crippen LogP contribution >= 0.6 is 0 Å². The van der Waals surface area contributed by atoms with Gasteiger partial charge in [0.05, 0.1) is 16.8 Å². The van der Waals surface area contributed by atoms with Crippen molar-refractivity contribution in [3.63, 3.8) is 0 Å². The summed E-state index contributed by atoms with van der Waals surface area (Å²) in [5, 5.41) is 31.3. The van der Waals surface area contributed by atoms with E-state index in [-0.39, 0.29) is 11.9 Å². The van der Waals surface area contributed by atoms with E-state index in [1.165, 1.54) is 10.9 Å². The molecule has 0 amide bonds. The normalized spacial score (nSPS) is 11.9. The molecular weight excluding hydrogens is 274 g/mol. The van der Waals surface area contributed by atoms with Gasteiger partial charge in [0, 0.05) is 6.54 Å². The van der Waals surface area contributed by atoms with Crippen LogP contribution in [0.1, 0.15) is 31.4 Å². The van der Waals surface area contributed by atoms with Gasteiger partial charge >= 0.3 is 5.69 Å². The predicted octanol–water partition coefficient (Wildman–Crippen LogP) is 1.82. The predicted molar refractivity (Wildman–Crippen MR) is 74.6 cm³/mol. The van der Waals surface area contributed by atoms with Crippen molar-refractivity contribution in [1.82, 2.24) is 19.6 Å². The summed E-state index contributed by atoms with van der Waals surface area (Å²) in [5.74, 6) is 0. The average Bonchev–Trinajstić information content (AvgIpc) is 3.01. The molecule has 1 atom stereocenters. The fourth-order valence-corrected chi connectivity index (χ4v) is 1.99. The Labute approximate surface area is 120 Å². The van der Waals surface area contributed by atoms with Crippen LogP contribution in [0.2, 0.25) is 0 Å². The van der Waals surface area contributed by atoms with Crippen LogP contribution in [0.15, 0.2) is 12.4 Å². The number of nitrogens with one attached hydrogen (secondary N) is 1. The molecule has 0 saturated heterocycles. The van der Waals surface area contributed by atoms with Crippen LogP contribution in [0.5, 0.6) is 0 Å². The van der Waals surface area contributed by atoms with Gasteiger partial charge in [-0.1, -0.05) is 0 Å². The Balaban J connectivity index is 2.24. The van der Waals surface area contributed by atoms with Crippen LogP contribution in [0.4, 0.5) is 11.4 Å². The van der Waals surface area contributed by atoms with Crippen LogP contribution in [-0.2, 0) is 6.54 Å². The standard InChI is InChI=1S/C12H15N7O2/c1-4-17-11(5-13)10(6-14-17)15-9(3)18-7-12(19(20)21)8(2)16-18/h6-7,9,15H,4H2,1-3H3/t9-/m1/s1. The minimum Gasteiger partial charge on any atom is -0.360 e. The molecule has 2 aromatic heterocycles. The Morgan fingerprint density at radius 3 is 2.86 bits per heavy atom. The van der Waals surface area contributed by atoms with Crippen molar-refractivity contribution in [2.24, 2.45) is 0 Å². The Kier molecular flexibility index (Phi) is 3.89. The maximum Gasteiger partial charge on any atom is 0.309 e. The number of nitrogens with zero attached hydrogens (tertiary/aromatic N) is 6. The van der Waals surface area contributed by atoms with Crippen molar-refractivity contribution in [2.45, 2.75) is 33.5 Å². The first-order valence-corrected chi connectivity index (χ1v) is 6.40. The highest BCUT2D eigenvalue weighted by Gasteiger charge is 2.19. The summed E-state index contributed by atoms with van der Waals surface area (Å²) in [6, 6.07) is 2.09. The first kappa shape index (κ1) is 14.5. The minimum absolute atomic E-state index is 0.0339. The molecule has 1 N–H and O–H groups in total. The molecule has 9 heteroatoms. The van der Waals surface area contributed by atoms with Crippen molar-refractivity contribution in [3.8, 4) is 6.07 Å². The second kappa shape index (κ2) is 5.62. The van der Waals surface area contributed by atoms with E-state index in [0.29, 0.717) is 23.6 Å². The number of rotatable bonds is 5. The number of hydrogen-bond acceptors (Lipinski definition) is 6. The smallest absolute Gasteiger partial charge is 0.309 e. The Morgan fingerprint density at radius 2 is 2.33 bits per heavy atom. The van der Waals surface area contributed by atoms with E-state index in [2.05, 4.69) is 21.6 Å². The lowest BCUT2D eigenvalue weighted by Gasteiger charge is -2.14. The highest BCUT2D eigenvalue weighted by atomic mass is 16.6. The summed E-state index contributed by atoms with van der Waals surface area (Å²) in [6.07, 6.45) is 2.58. The van der Waals surface area contributed by atoms with Crippen LogP contribution in [-0.4, -0.2) is 24.5 Å². The van der Waals surface area contributed by atoms with Gasteiger partial charge in [-0.3, -0.25) is 14.8 Å². The molecule has 2 rings (SSSR count). The van der Waals surface area contributed by atoms with Crippen LogP contribution in [0.3, 0.4) is 0 Å². The summed E-state index contributed by atoms with van der Waals surface area (Å²) in [7, 11) is 0. The molecule has 9 nitrogen and oxygen atoms in total. The Hall–Kier alpha value is -2.89. The van der Waals surface area contributed by atoms with Crippen LogP contribution < -0.4 is 5.32 Å². The highest BCUT2D eigenvalue weighted by Crippen LogP contribution is 2.21. The third kappa shape index (κ3) is 2.69. The number of aryl methyl sites for hydroxylation is 2. The van der Waals surface area contributed by atoms with Gasteiger partial charge in [0.15, 0.2) is 5.69 Å². The molecule has 0 aromatic carbocycles. The zero-order valence-electron chi connectivity index (χ0n) is 11.9. The van der Waals surface area contributed by atoms with Crippen molar-refractivity contribution < 1.29 is 4.92 Å². The third-order valence-electron chi connectivity index (χ3n) is 3.09. The number of anilines is 1. The van der Waals surface area contributed by atoms with Crippen molar-refractivity contribution >= 4 is 11.4 Å². The third-order valence-corrected chi connectivity index (χ3v) is 3.09. The van der Waals surface area contributed by atoms with E-state index in [1.54, 1.807) is 24.7 Å². The molecule has 0 aliphatic heterocycles. The topological polar surface area (TPSA) is 115 Å². The monoisotopic (exact) mass is 289 g/mol. The molecule has 0 saturated carbocycles. The molecule has 21 heavy (non-hydrogen) atoms. The molecule has 2 heterocycles. The zero-order valence-corrected chi connectivity index (χ0v) is 11.9. The Bertz CT molecular complexity index is 710. The molecular formula is C12H15N7O2. The van der Waals surface area contributed by atoms with E-state index < -0.39 is 4.92 Å². The van der Waals surface area contributed by atoms with Gasteiger partial charge in [-0.2, -0.15) is 15.5 Å². The summed E-state index contributed by atoms with van der Waals surface area (Å²) in [4.78, 5) is 10.4. The number of aromatic nitrogens is 4. The second-order valence-corrected chi connectivity index (χ2v) is 4.49. The molecule has 0 unspecified atom stereocenters. The summed E-state index contributed by atoms with van der Waals surface area (Å²) in [5.41, 5.74) is 1.30. The SMILES string of the molecule is CCn1ncc(N[C@@H](C)n2cc([N+](=O)[O-])c(C)n2)c1C#N. The van der Waals surface area contributed by atoms with Crippen LogP contribution in [0, 0.1) is 28.4 Å². The van der Waals surface area contributed by atoms with Crippen molar-refractivity contribution in [3.05, 3.63) is 33.9 Å². The van der Waals surface area contributed by atoms with Gasteiger partial charge in [0.25, 0.3) is 0 Å². The molecule has 0 bridgehead atoms. The maximum absolute atomic E-state index is 10.8. The largest absolute Gasteiger partial charge is 0.360 e. The lowest BCUT2D eigenvalue weighted by molar-refractivity contribution is -0.385. The van der Waals surface area contributed by atoms with E-state index >= 15 is 0 Å². The Morgan fingerprint density at radius 1 is 1.62 bits per heavy atom. The molecule has 0 radical (unpaired) electrons. The average molecular weight is 289 g/mol. The fourth-order valence-electron chi connectivity index (χ4n) is 1.99. The molecule has 2 aromatic rings. The minimum atomic E-state index is -0.471. The second-order valence-electron chi connectivity index (χ2n) is 4.49. The van der Waals surface area contributed by atoms with Crippen LogP contribution in [0.25, 0.3) is 0 Å². The fraction of sp³-hybridized carbons (Fsp3) is 0.417. The van der Waals surface area contributed by atoms with E-state index in [9.17, 15) is 10.1 Å². The highest BCUT2D eigenvalue weighted by molar-refractivity contribution is 5.53. The quantitative estimate of drug-likeness (QED) is 0.663. The summed E-state index contributed by atoms with van der Waals surface area (Å²) < 4.78 is 3.03. The molecule has 0 aliphatic carbocycles. The summed E-state index contributed by atoms with van der Waals surface area (Å²) in [6.45, 7) is 5.85. The van der Waals surface area contributed by atoms with Gasteiger partial charge in [0.1, 0.15) is 24.1 Å². The van der Waals surface area contributed by atoms with Crippen molar-refractivity contribution in [1.29, 1.82) is 5.26 Å². The lowest BCUT2D eigenvalue weighted by Crippen LogP contribution is -2.16. The molecule has 0 spiro atoms. The van der Waals surface area contributed by atoms with Crippen molar-refractivity contribution in [2.75, 3.05) is 5.32 Å². The number of hydrogen-bond donors (Lipinski definition) is 1. The zero-order chi connectivity index (χ0) is 15.6.